The van der Waals surface area contributed by atoms with Crippen molar-refractivity contribution in [2.75, 3.05) is 5.75 Å². The molecule has 0 radical (unpaired) electrons. The molecule has 1 heterocycles. The van der Waals surface area contributed by atoms with Gasteiger partial charge in [-0.25, -0.2) is 13.4 Å². The summed E-state index contributed by atoms with van der Waals surface area (Å²) in [4.78, 5) is 30.8. The van der Waals surface area contributed by atoms with Crippen LogP contribution in [0.25, 0.3) is 11.1 Å². The van der Waals surface area contributed by atoms with Crippen LogP contribution in [0.3, 0.4) is 0 Å². The van der Waals surface area contributed by atoms with Crippen LogP contribution in [-0.4, -0.2) is 63.8 Å². The van der Waals surface area contributed by atoms with Crippen LogP contribution in [0, 0.1) is 0 Å². The van der Waals surface area contributed by atoms with E-state index in [1.54, 1.807) is 37.3 Å². The standard InChI is InChI=1S/C30H30F2N4O8S2/c1-3-22(27(37)29-35-23-14-8-10-16-26(23)43-29)34-28(38)24(33-19(2)36-46(41,42)21-12-5-4-6-13-21)18-45(39,40)17-20-11-7-9-15-25(20)44-30(31)32/h4-16,22,24,30H,3,17-18H2,1-2H3,(H,33,36)(H,34,38)/t22-,24?/m0/s1. The second-order valence-corrected chi connectivity index (χ2v) is 13.7. The Morgan fingerprint density at radius 1 is 0.913 bits per heavy atom. The molecule has 4 rings (SSSR count). The molecule has 3 aromatic carbocycles. The maximum absolute atomic E-state index is 13.6. The lowest BCUT2D eigenvalue weighted by atomic mass is 10.1. The van der Waals surface area contributed by atoms with Crippen LogP contribution in [0.15, 0.2) is 92.6 Å². The molecule has 1 amide bonds. The summed E-state index contributed by atoms with van der Waals surface area (Å²) in [7, 11) is -8.53. The van der Waals surface area contributed by atoms with Gasteiger partial charge in [0.1, 0.15) is 23.1 Å². The van der Waals surface area contributed by atoms with E-state index < -0.39 is 61.8 Å². The van der Waals surface area contributed by atoms with Gasteiger partial charge in [0, 0.05) is 5.56 Å². The average Bonchev–Trinajstić information content (AvgIpc) is 3.44. The maximum Gasteiger partial charge on any atom is 0.387 e. The summed E-state index contributed by atoms with van der Waals surface area (Å²) >= 11 is 0. The third-order valence-corrected chi connectivity index (χ3v) is 9.50. The average molecular weight is 677 g/mol. The van der Waals surface area contributed by atoms with Crippen LogP contribution in [0.1, 0.15) is 36.5 Å². The van der Waals surface area contributed by atoms with E-state index in [2.05, 4.69) is 24.8 Å². The molecule has 2 N–H and O–H groups in total. The van der Waals surface area contributed by atoms with E-state index in [4.69, 9.17) is 4.42 Å². The number of ketones is 1. The summed E-state index contributed by atoms with van der Waals surface area (Å²) in [6.45, 7) is -0.386. The number of hydrogen-bond acceptors (Lipinski definition) is 9. The molecule has 2 atom stereocenters. The molecule has 0 fully saturated rings. The van der Waals surface area contributed by atoms with Crippen molar-refractivity contribution in [2.24, 2.45) is 4.40 Å². The number of nitrogens with zero attached hydrogens (tertiary/aromatic N) is 2. The number of amides is 1. The molecule has 16 heteroatoms. The van der Waals surface area contributed by atoms with Crippen LogP contribution in [0.5, 0.6) is 5.75 Å². The van der Waals surface area contributed by atoms with E-state index in [1.807, 2.05) is 0 Å². The van der Waals surface area contributed by atoms with Crippen LogP contribution in [0.4, 0.5) is 8.78 Å². The number of amidine groups is 1. The van der Waals surface area contributed by atoms with Crippen molar-refractivity contribution in [3.05, 3.63) is 90.3 Å². The van der Waals surface area contributed by atoms with Gasteiger partial charge in [0.2, 0.25) is 11.7 Å². The largest absolute Gasteiger partial charge is 0.435 e. The molecule has 0 aliphatic carbocycles. The first-order chi connectivity index (χ1) is 21.8. The third-order valence-electron chi connectivity index (χ3n) is 6.53. The number of aromatic nitrogens is 1. The lowest BCUT2D eigenvalue weighted by Gasteiger charge is -2.22. The topological polar surface area (TPSA) is 174 Å². The minimum atomic E-state index is -4.28. The molecule has 1 aromatic heterocycles. The fourth-order valence-corrected chi connectivity index (χ4v) is 7.02. The number of hydrogen-bond donors (Lipinski definition) is 2. The Balaban J connectivity index is 1.61. The molecule has 4 aromatic rings. The zero-order valence-corrected chi connectivity index (χ0v) is 26.2. The fraction of sp³-hybridized carbons (Fsp3) is 0.267. The van der Waals surface area contributed by atoms with E-state index in [-0.39, 0.29) is 34.4 Å². The molecule has 0 spiro atoms. The Labute approximate surface area is 263 Å². The minimum absolute atomic E-state index is 0.0660. The van der Waals surface area contributed by atoms with Gasteiger partial charge in [0.25, 0.3) is 15.9 Å². The van der Waals surface area contributed by atoms with Gasteiger partial charge in [0.15, 0.2) is 15.4 Å². The highest BCUT2D eigenvalue weighted by molar-refractivity contribution is 7.90. The summed E-state index contributed by atoms with van der Waals surface area (Å²) in [6.07, 6.45) is 0.0660. The van der Waals surface area contributed by atoms with Gasteiger partial charge >= 0.3 is 6.61 Å². The predicted octanol–water partition coefficient (Wildman–Crippen LogP) is 3.89. The van der Waals surface area contributed by atoms with Crippen LogP contribution in [-0.2, 0) is 30.4 Å². The number of para-hydroxylation sites is 3. The summed E-state index contributed by atoms with van der Waals surface area (Å²) in [5.41, 5.74) is 0.678. The molecule has 1 unspecified atom stereocenters. The van der Waals surface area contributed by atoms with E-state index in [0.717, 1.165) is 0 Å². The van der Waals surface area contributed by atoms with E-state index in [0.29, 0.717) is 11.1 Å². The second-order valence-electron chi connectivity index (χ2n) is 10.0. The number of carbonyl (C=O) groups is 2. The number of carbonyl (C=O) groups excluding carboxylic acids is 2. The van der Waals surface area contributed by atoms with Gasteiger partial charge in [0.05, 0.1) is 22.4 Å². The van der Waals surface area contributed by atoms with Crippen molar-refractivity contribution in [1.29, 1.82) is 0 Å². The van der Waals surface area contributed by atoms with Crippen LogP contribution < -0.4 is 15.4 Å². The van der Waals surface area contributed by atoms with Gasteiger partial charge in [-0.2, -0.15) is 17.2 Å². The smallest absolute Gasteiger partial charge is 0.387 e. The molecule has 0 bridgehead atoms. The van der Waals surface area contributed by atoms with E-state index in [9.17, 15) is 35.2 Å². The molecule has 0 aliphatic heterocycles. The first kappa shape index (κ1) is 34.2. The van der Waals surface area contributed by atoms with E-state index in [1.165, 1.54) is 55.5 Å². The Morgan fingerprint density at radius 3 is 2.24 bits per heavy atom. The number of nitrogens with one attached hydrogen (secondary N) is 2. The van der Waals surface area contributed by atoms with Gasteiger partial charge in [-0.05, 0) is 43.7 Å². The first-order valence-corrected chi connectivity index (χ1v) is 17.1. The summed E-state index contributed by atoms with van der Waals surface area (Å²) in [5, 5.41) is 5.03. The number of fused-ring (bicyclic) bond motifs is 1. The number of rotatable bonds is 14. The van der Waals surface area contributed by atoms with Gasteiger partial charge in [-0.1, -0.05) is 55.5 Å². The highest BCUT2D eigenvalue weighted by atomic mass is 32.2. The second kappa shape index (κ2) is 14.6. The van der Waals surface area contributed by atoms with Gasteiger partial charge < -0.3 is 19.8 Å². The molecule has 12 nitrogen and oxygen atoms in total. The third kappa shape index (κ3) is 8.94. The maximum atomic E-state index is 13.6. The summed E-state index contributed by atoms with van der Waals surface area (Å²) < 4.78 is 91.8. The van der Waals surface area contributed by atoms with Gasteiger partial charge in [-0.15, -0.1) is 4.40 Å². The van der Waals surface area contributed by atoms with E-state index >= 15 is 0 Å². The number of ether oxygens (including phenoxy) is 1. The van der Waals surface area contributed by atoms with Crippen molar-refractivity contribution in [3.8, 4) is 5.75 Å². The zero-order chi connectivity index (χ0) is 33.5. The number of benzene rings is 3. The Hall–Kier alpha value is -4.70. The number of halogens is 2. The molecular formula is C30H30F2N4O8S2. The van der Waals surface area contributed by atoms with Gasteiger partial charge in [-0.3, -0.25) is 9.59 Å². The number of alkyl halides is 2. The lowest BCUT2D eigenvalue weighted by Crippen LogP contribution is -2.53. The summed E-state index contributed by atoms with van der Waals surface area (Å²) in [6, 6.07) is 16.2. The number of sulfone groups is 1. The predicted molar refractivity (Wildman–Crippen MR) is 165 cm³/mol. The first-order valence-electron chi connectivity index (χ1n) is 13.8. The Bertz CT molecular complexity index is 1920. The molecule has 46 heavy (non-hydrogen) atoms. The quantitative estimate of drug-likeness (QED) is 0.113. The highest BCUT2D eigenvalue weighted by Gasteiger charge is 2.32. The minimum Gasteiger partial charge on any atom is -0.435 e. The monoisotopic (exact) mass is 676 g/mol. The molecular weight excluding hydrogens is 646 g/mol. The molecule has 0 aliphatic rings. The molecule has 244 valence electrons. The number of sulfonamides is 1. The van der Waals surface area contributed by atoms with Crippen molar-refractivity contribution in [3.63, 3.8) is 0 Å². The normalized spacial score (nSPS) is 13.7. The Kier molecular flexibility index (Phi) is 10.8. The molecule has 0 saturated carbocycles. The fourth-order valence-electron chi connectivity index (χ4n) is 4.42. The number of Topliss-reactive ketones (excluding diaryl/α,β-unsaturated/α-hetero) is 1. The zero-order valence-electron chi connectivity index (χ0n) is 24.6. The molecule has 0 saturated heterocycles. The van der Waals surface area contributed by atoms with Crippen molar-refractivity contribution < 1.29 is 44.4 Å². The lowest BCUT2D eigenvalue weighted by molar-refractivity contribution is -0.122. The Morgan fingerprint density at radius 2 is 1.57 bits per heavy atom. The summed E-state index contributed by atoms with van der Waals surface area (Å²) in [5.74, 6) is -4.34. The SMILES string of the molecule is CC[C@H](NC(=O)C(CS(=O)(=O)Cc1ccccc1OC(F)F)N/C(C)=N/S(=O)(=O)c1ccccc1)C(=O)c1nc2ccccc2o1. The van der Waals surface area contributed by atoms with Crippen molar-refractivity contribution in [1.82, 2.24) is 15.6 Å². The highest BCUT2D eigenvalue weighted by Crippen LogP contribution is 2.23. The van der Waals surface area contributed by atoms with Crippen molar-refractivity contribution >= 4 is 48.5 Å². The van der Waals surface area contributed by atoms with Crippen LogP contribution in [0.2, 0.25) is 0 Å². The number of oxazole rings is 1. The van der Waals surface area contributed by atoms with Crippen LogP contribution >= 0.6 is 0 Å². The van der Waals surface area contributed by atoms with Crippen molar-refractivity contribution in [2.45, 2.75) is 49.6 Å².